The molecule has 0 radical (unpaired) electrons. The second-order valence-electron chi connectivity index (χ2n) is 3.26. The molecule has 1 aliphatic heterocycles. The minimum absolute atomic E-state index is 1.14. The molecule has 0 saturated carbocycles. The molecule has 1 heterocycles. The van der Waals surface area contributed by atoms with E-state index in [2.05, 4.69) is 36.1 Å². The summed E-state index contributed by atoms with van der Waals surface area (Å²) in [6, 6.07) is 8.84. The molecule has 0 N–H and O–H groups in total. The number of hydrogen-bond donors (Lipinski definition) is 0. The van der Waals surface area contributed by atoms with Crippen molar-refractivity contribution in [2.75, 3.05) is 23.9 Å². The van der Waals surface area contributed by atoms with Gasteiger partial charge >= 0.3 is 0 Å². The third-order valence-electron chi connectivity index (χ3n) is 2.26. The highest BCUT2D eigenvalue weighted by Gasteiger charge is 2.10. The Balaban J connectivity index is 2.17. The van der Waals surface area contributed by atoms with Gasteiger partial charge in [-0.1, -0.05) is 26.3 Å². The summed E-state index contributed by atoms with van der Waals surface area (Å²) in [7, 11) is 1.14. The van der Waals surface area contributed by atoms with Gasteiger partial charge in [0, 0.05) is 18.5 Å². The topological polar surface area (TPSA) is 3.24 Å². The molecular weight excluding hydrogens is 165 g/mol. The first-order valence-corrected chi connectivity index (χ1v) is 5.80. The summed E-state index contributed by atoms with van der Waals surface area (Å²) < 4.78 is 0. The quantitative estimate of drug-likeness (QED) is 0.598. The third kappa shape index (κ3) is 1.61. The van der Waals surface area contributed by atoms with Crippen LogP contribution >= 0.6 is 8.58 Å². The van der Waals surface area contributed by atoms with Gasteiger partial charge in [-0.15, -0.1) is 0 Å². The number of hydrogen-bond acceptors (Lipinski definition) is 1. The Hall–Kier alpha value is -0.550. The van der Waals surface area contributed by atoms with E-state index in [1.165, 1.54) is 30.2 Å². The maximum Gasteiger partial charge on any atom is 0.0369 e. The van der Waals surface area contributed by atoms with E-state index in [0.29, 0.717) is 0 Å². The molecule has 2 rings (SSSR count). The fourth-order valence-electron chi connectivity index (χ4n) is 1.48. The summed E-state index contributed by atoms with van der Waals surface area (Å²) in [6.45, 7) is 3.39. The molecule has 1 aliphatic rings. The molecule has 1 fully saturated rings. The standard InChI is InChI=1S/C10H14NP/c1-9-2-4-10(5-3-9)11-6-7-12-8-11/h2-5,12H,6-8H2,1H3. The average molecular weight is 179 g/mol. The summed E-state index contributed by atoms with van der Waals surface area (Å²) in [5.41, 5.74) is 2.74. The normalized spacial score (nSPS) is 18.9. The van der Waals surface area contributed by atoms with Crippen LogP contribution in [0, 0.1) is 6.92 Å². The van der Waals surface area contributed by atoms with Crippen molar-refractivity contribution in [2.45, 2.75) is 6.92 Å². The fraction of sp³-hybridized carbons (Fsp3) is 0.400. The van der Waals surface area contributed by atoms with E-state index < -0.39 is 0 Å². The lowest BCUT2D eigenvalue weighted by atomic mass is 10.2. The van der Waals surface area contributed by atoms with Gasteiger partial charge in [0.25, 0.3) is 0 Å². The average Bonchev–Trinajstić information content (AvgIpc) is 2.58. The summed E-state index contributed by atoms with van der Waals surface area (Å²) in [5, 5.41) is 0. The lowest BCUT2D eigenvalue weighted by Gasteiger charge is -2.16. The van der Waals surface area contributed by atoms with Gasteiger partial charge in [0.2, 0.25) is 0 Å². The van der Waals surface area contributed by atoms with Gasteiger partial charge in [-0.2, -0.15) is 0 Å². The third-order valence-corrected chi connectivity index (χ3v) is 3.44. The van der Waals surface area contributed by atoms with E-state index in [1.807, 2.05) is 0 Å². The highest BCUT2D eigenvalue weighted by molar-refractivity contribution is 7.38. The Kier molecular flexibility index (Phi) is 2.32. The zero-order valence-corrected chi connectivity index (χ0v) is 8.38. The Morgan fingerprint density at radius 3 is 2.58 bits per heavy atom. The Morgan fingerprint density at radius 2 is 2.00 bits per heavy atom. The summed E-state index contributed by atoms with van der Waals surface area (Å²) in [5.74, 6) is 0. The molecule has 12 heavy (non-hydrogen) atoms. The van der Waals surface area contributed by atoms with Gasteiger partial charge in [-0.3, -0.25) is 0 Å². The Labute approximate surface area is 75.6 Å². The second-order valence-corrected chi connectivity index (χ2v) is 4.57. The van der Waals surface area contributed by atoms with Gasteiger partial charge < -0.3 is 4.90 Å². The minimum Gasteiger partial charge on any atom is -0.367 e. The van der Waals surface area contributed by atoms with E-state index in [1.54, 1.807) is 0 Å². The highest BCUT2D eigenvalue weighted by atomic mass is 31.1. The van der Waals surface area contributed by atoms with Gasteiger partial charge in [-0.25, -0.2) is 0 Å². The number of benzene rings is 1. The van der Waals surface area contributed by atoms with E-state index in [4.69, 9.17) is 0 Å². The summed E-state index contributed by atoms with van der Waals surface area (Å²) in [4.78, 5) is 2.47. The first-order chi connectivity index (χ1) is 5.86. The molecular formula is C10H14NP. The van der Waals surface area contributed by atoms with Crippen LogP contribution in [0.25, 0.3) is 0 Å². The second kappa shape index (κ2) is 3.45. The zero-order valence-electron chi connectivity index (χ0n) is 7.38. The molecule has 0 amide bonds. The fourth-order valence-corrected chi connectivity index (χ4v) is 2.68. The molecule has 64 valence electrons. The number of nitrogens with zero attached hydrogens (tertiary/aromatic N) is 1. The zero-order chi connectivity index (χ0) is 8.39. The molecule has 1 unspecified atom stereocenters. The predicted octanol–water partition coefficient (Wildman–Crippen LogP) is 2.45. The van der Waals surface area contributed by atoms with Gasteiger partial charge in [-0.05, 0) is 25.2 Å². The summed E-state index contributed by atoms with van der Waals surface area (Å²) in [6.07, 6.45) is 2.65. The van der Waals surface area contributed by atoms with Crippen molar-refractivity contribution < 1.29 is 0 Å². The lowest BCUT2D eigenvalue weighted by molar-refractivity contribution is 0.993. The highest BCUT2D eigenvalue weighted by Crippen LogP contribution is 2.26. The van der Waals surface area contributed by atoms with E-state index in [9.17, 15) is 0 Å². The largest absolute Gasteiger partial charge is 0.367 e. The number of aryl methyl sites for hydroxylation is 1. The van der Waals surface area contributed by atoms with Crippen molar-refractivity contribution in [1.29, 1.82) is 0 Å². The molecule has 0 spiro atoms. The van der Waals surface area contributed by atoms with Crippen LogP contribution in [0.3, 0.4) is 0 Å². The van der Waals surface area contributed by atoms with Crippen molar-refractivity contribution in [3.8, 4) is 0 Å². The molecule has 0 bridgehead atoms. The lowest BCUT2D eigenvalue weighted by Crippen LogP contribution is -2.17. The van der Waals surface area contributed by atoms with E-state index in [-0.39, 0.29) is 0 Å². The van der Waals surface area contributed by atoms with Crippen LogP contribution in [-0.2, 0) is 0 Å². The van der Waals surface area contributed by atoms with Gasteiger partial charge in [0.05, 0.1) is 0 Å². The van der Waals surface area contributed by atoms with Crippen LogP contribution in [0.2, 0.25) is 0 Å². The van der Waals surface area contributed by atoms with E-state index >= 15 is 0 Å². The predicted molar refractivity (Wildman–Crippen MR) is 56.6 cm³/mol. The van der Waals surface area contributed by atoms with Gasteiger partial charge in [0.15, 0.2) is 0 Å². The van der Waals surface area contributed by atoms with E-state index in [0.717, 1.165) is 8.58 Å². The first kappa shape index (κ1) is 8.07. The molecule has 1 nitrogen and oxygen atoms in total. The summed E-state index contributed by atoms with van der Waals surface area (Å²) >= 11 is 0. The van der Waals surface area contributed by atoms with Crippen molar-refractivity contribution >= 4 is 14.3 Å². The van der Waals surface area contributed by atoms with Crippen LogP contribution in [-0.4, -0.2) is 19.0 Å². The van der Waals surface area contributed by atoms with Crippen LogP contribution in [0.15, 0.2) is 24.3 Å². The SMILES string of the molecule is Cc1ccc(N2CCPC2)cc1. The Morgan fingerprint density at radius 1 is 1.25 bits per heavy atom. The molecule has 1 aromatic rings. The number of rotatable bonds is 1. The van der Waals surface area contributed by atoms with Crippen molar-refractivity contribution in [3.05, 3.63) is 29.8 Å². The van der Waals surface area contributed by atoms with Gasteiger partial charge in [0.1, 0.15) is 0 Å². The minimum atomic E-state index is 1.14. The smallest absolute Gasteiger partial charge is 0.0369 e. The molecule has 0 aromatic heterocycles. The van der Waals surface area contributed by atoms with Crippen molar-refractivity contribution in [3.63, 3.8) is 0 Å². The maximum absolute atomic E-state index is 2.47. The maximum atomic E-state index is 2.47. The molecule has 2 heteroatoms. The molecule has 1 saturated heterocycles. The number of anilines is 1. The van der Waals surface area contributed by atoms with Crippen LogP contribution < -0.4 is 4.90 Å². The monoisotopic (exact) mass is 179 g/mol. The van der Waals surface area contributed by atoms with Crippen LogP contribution in [0.5, 0.6) is 0 Å². The van der Waals surface area contributed by atoms with Crippen LogP contribution in [0.4, 0.5) is 5.69 Å². The van der Waals surface area contributed by atoms with Crippen molar-refractivity contribution in [1.82, 2.24) is 0 Å². The molecule has 1 aromatic carbocycles. The Bertz CT molecular complexity index is 249. The van der Waals surface area contributed by atoms with Crippen LogP contribution in [0.1, 0.15) is 5.56 Å². The first-order valence-electron chi connectivity index (χ1n) is 4.38. The molecule has 0 aliphatic carbocycles. The van der Waals surface area contributed by atoms with Crippen molar-refractivity contribution in [2.24, 2.45) is 0 Å². The molecule has 1 atom stereocenters.